The molecule has 0 atom stereocenters. The Bertz CT molecular complexity index is 883. The smallest absolute Gasteiger partial charge is 0.125 e. The molecule has 1 fully saturated rings. The molecular weight excluding hydrogens is 354 g/mol. The van der Waals surface area contributed by atoms with Gasteiger partial charge < -0.3 is 14.7 Å². The van der Waals surface area contributed by atoms with E-state index in [1.807, 2.05) is 0 Å². The Kier molecular flexibility index (Phi) is 5.98. The van der Waals surface area contributed by atoms with Crippen molar-refractivity contribution in [3.63, 3.8) is 0 Å². The molecule has 3 nitrogen and oxygen atoms in total. The first-order chi connectivity index (χ1) is 14.1. The highest BCUT2D eigenvalue weighted by molar-refractivity contribution is 5.86. The minimum Gasteiger partial charge on any atom is -0.369 e. The summed E-state index contributed by atoms with van der Waals surface area (Å²) in [6.07, 6.45) is 9.20. The summed E-state index contributed by atoms with van der Waals surface area (Å²) in [6, 6.07) is 20.3. The molecule has 0 radical (unpaired) electrons. The molecule has 1 aliphatic carbocycles. The molecule has 2 aromatic carbocycles. The van der Waals surface area contributed by atoms with Gasteiger partial charge in [-0.1, -0.05) is 54.6 Å². The topological polar surface area (TPSA) is 10.9 Å². The summed E-state index contributed by atoms with van der Waals surface area (Å²) in [6.45, 7) is 4.46. The van der Waals surface area contributed by atoms with E-state index in [4.69, 9.17) is 0 Å². The molecule has 4 rings (SSSR count). The van der Waals surface area contributed by atoms with Gasteiger partial charge in [0.25, 0.3) is 0 Å². The Labute approximate surface area is 175 Å². The van der Waals surface area contributed by atoms with Gasteiger partial charge in [-0.3, -0.25) is 0 Å². The van der Waals surface area contributed by atoms with Crippen LogP contribution < -0.4 is 9.80 Å². The Balaban J connectivity index is 1.67. The van der Waals surface area contributed by atoms with E-state index in [9.17, 15) is 0 Å². The lowest BCUT2D eigenvalue weighted by atomic mass is 9.90. The fraction of sp³-hybridized carbons (Fsp3) is 0.308. The van der Waals surface area contributed by atoms with Gasteiger partial charge in [-0.05, 0) is 53.6 Å². The molecule has 1 aliphatic heterocycles. The van der Waals surface area contributed by atoms with E-state index < -0.39 is 0 Å². The molecule has 2 aliphatic rings. The lowest BCUT2D eigenvalue weighted by Crippen LogP contribution is -3.09. The van der Waals surface area contributed by atoms with Gasteiger partial charge in [0, 0.05) is 31.9 Å². The largest absolute Gasteiger partial charge is 0.369 e. The Hall–Kier alpha value is -2.62. The zero-order valence-electron chi connectivity index (χ0n) is 17.8. The van der Waals surface area contributed by atoms with Crippen molar-refractivity contribution in [3.8, 4) is 0 Å². The van der Waals surface area contributed by atoms with Crippen LogP contribution in [0.3, 0.4) is 0 Å². The van der Waals surface area contributed by atoms with Gasteiger partial charge in [-0.2, -0.15) is 0 Å². The van der Waals surface area contributed by atoms with Crippen LogP contribution in [0.2, 0.25) is 0 Å². The maximum atomic E-state index is 2.49. The second-order valence-corrected chi connectivity index (χ2v) is 8.35. The molecule has 1 heterocycles. The number of rotatable bonds is 4. The lowest BCUT2D eigenvalue weighted by Gasteiger charge is -2.34. The molecule has 2 aromatic rings. The van der Waals surface area contributed by atoms with Crippen LogP contribution in [0, 0.1) is 0 Å². The summed E-state index contributed by atoms with van der Waals surface area (Å²) in [5.41, 5.74) is 6.44. The normalized spacial score (nSPS) is 19.8. The van der Waals surface area contributed by atoms with Gasteiger partial charge in [0.15, 0.2) is 0 Å². The van der Waals surface area contributed by atoms with Crippen LogP contribution in [-0.4, -0.2) is 58.3 Å². The van der Waals surface area contributed by atoms with Crippen molar-refractivity contribution in [2.24, 2.45) is 0 Å². The predicted octanol–water partition coefficient (Wildman–Crippen LogP) is 2.88. The first-order valence-electron chi connectivity index (χ1n) is 10.6. The summed E-state index contributed by atoms with van der Waals surface area (Å²) >= 11 is 0. The van der Waals surface area contributed by atoms with Crippen molar-refractivity contribution >= 4 is 11.3 Å². The fourth-order valence-corrected chi connectivity index (χ4v) is 4.09. The summed E-state index contributed by atoms with van der Waals surface area (Å²) in [5, 5.41) is 0. The van der Waals surface area contributed by atoms with Crippen LogP contribution in [-0.2, 0) is 0 Å². The molecule has 0 saturated carbocycles. The lowest BCUT2D eigenvalue weighted by molar-refractivity contribution is -0.871. The quantitative estimate of drug-likeness (QED) is 0.867. The van der Waals surface area contributed by atoms with E-state index in [1.165, 1.54) is 32.9 Å². The summed E-state index contributed by atoms with van der Waals surface area (Å²) in [4.78, 5) is 6.31. The number of nitrogens with zero attached hydrogens (tertiary/aromatic N) is 2. The van der Waals surface area contributed by atoms with Crippen LogP contribution in [0.4, 0.5) is 5.69 Å². The van der Waals surface area contributed by atoms with Gasteiger partial charge in [-0.15, -0.1) is 0 Å². The number of allylic oxidation sites excluding steroid dienone is 3. The van der Waals surface area contributed by atoms with Crippen LogP contribution in [0.5, 0.6) is 0 Å². The van der Waals surface area contributed by atoms with E-state index in [2.05, 4.69) is 110 Å². The molecule has 3 heteroatoms. The highest BCUT2D eigenvalue weighted by atomic mass is 15.2. The van der Waals surface area contributed by atoms with Crippen LogP contribution in [0.15, 0.2) is 84.5 Å². The van der Waals surface area contributed by atoms with E-state index in [1.54, 1.807) is 0 Å². The first-order valence-corrected chi connectivity index (χ1v) is 10.6. The van der Waals surface area contributed by atoms with Gasteiger partial charge in [0.2, 0.25) is 0 Å². The first kappa shape index (κ1) is 19.7. The van der Waals surface area contributed by atoms with Crippen LogP contribution in [0.25, 0.3) is 5.57 Å². The van der Waals surface area contributed by atoms with Gasteiger partial charge in [0.1, 0.15) is 6.04 Å². The Morgan fingerprint density at radius 3 is 1.97 bits per heavy atom. The standard InChI is InChI=1S/C26H31N3/c1-27(2)24-13-9-22(10-14-24)26(21-7-5-4-6-8-21)23-11-15-25(16-12-23)29-19-17-28(3)18-20-29/h4-16,24H,17-20H2,1-3H3/p+1. The molecule has 0 aromatic heterocycles. The van der Waals surface area contributed by atoms with Gasteiger partial charge >= 0.3 is 0 Å². The highest BCUT2D eigenvalue weighted by Gasteiger charge is 2.17. The average molecular weight is 387 g/mol. The Morgan fingerprint density at radius 2 is 1.38 bits per heavy atom. The third-order valence-electron chi connectivity index (χ3n) is 6.01. The second-order valence-electron chi connectivity index (χ2n) is 8.35. The molecule has 0 amide bonds. The monoisotopic (exact) mass is 386 g/mol. The molecule has 0 unspecified atom stereocenters. The molecular formula is C26H32N3+. The third kappa shape index (κ3) is 4.52. The maximum Gasteiger partial charge on any atom is 0.125 e. The molecule has 0 spiro atoms. The molecule has 1 saturated heterocycles. The van der Waals surface area contributed by atoms with Crippen LogP contribution >= 0.6 is 0 Å². The van der Waals surface area contributed by atoms with E-state index in [0.29, 0.717) is 6.04 Å². The number of likely N-dealkylation sites (N-methyl/N-ethyl adjacent to an activating group) is 2. The fourth-order valence-electron chi connectivity index (χ4n) is 4.09. The van der Waals surface area contributed by atoms with Crippen molar-refractivity contribution < 1.29 is 4.90 Å². The summed E-state index contributed by atoms with van der Waals surface area (Å²) in [5.74, 6) is 0. The number of hydrogen-bond donors (Lipinski definition) is 1. The van der Waals surface area contributed by atoms with Gasteiger partial charge in [0.05, 0.1) is 14.1 Å². The third-order valence-corrected chi connectivity index (χ3v) is 6.01. The van der Waals surface area contributed by atoms with Crippen molar-refractivity contribution in [3.05, 3.63) is 95.6 Å². The molecule has 1 N–H and O–H groups in total. The number of benzene rings is 2. The van der Waals surface area contributed by atoms with Crippen molar-refractivity contribution in [1.29, 1.82) is 0 Å². The van der Waals surface area contributed by atoms with Crippen molar-refractivity contribution in [1.82, 2.24) is 4.90 Å². The number of anilines is 1. The van der Waals surface area contributed by atoms with Gasteiger partial charge in [-0.25, -0.2) is 0 Å². The molecule has 0 bridgehead atoms. The number of nitrogens with one attached hydrogen (secondary N) is 1. The summed E-state index contributed by atoms with van der Waals surface area (Å²) in [7, 11) is 6.60. The van der Waals surface area contributed by atoms with E-state index in [-0.39, 0.29) is 0 Å². The van der Waals surface area contributed by atoms with Crippen molar-refractivity contribution in [2.75, 3.05) is 52.2 Å². The average Bonchev–Trinajstić information content (AvgIpc) is 2.76. The van der Waals surface area contributed by atoms with E-state index in [0.717, 1.165) is 26.2 Å². The zero-order chi connectivity index (χ0) is 20.2. The maximum absolute atomic E-state index is 2.49. The Morgan fingerprint density at radius 1 is 0.793 bits per heavy atom. The summed E-state index contributed by atoms with van der Waals surface area (Å²) < 4.78 is 0. The van der Waals surface area contributed by atoms with Crippen molar-refractivity contribution in [2.45, 2.75) is 6.04 Å². The zero-order valence-corrected chi connectivity index (χ0v) is 17.8. The molecule has 150 valence electrons. The van der Waals surface area contributed by atoms with E-state index >= 15 is 0 Å². The predicted molar refractivity (Wildman–Crippen MR) is 123 cm³/mol. The van der Waals surface area contributed by atoms with Crippen LogP contribution in [0.1, 0.15) is 11.1 Å². The number of quaternary nitrogens is 1. The second kappa shape index (κ2) is 8.81. The number of piperazine rings is 1. The number of hydrogen-bond acceptors (Lipinski definition) is 2. The highest BCUT2D eigenvalue weighted by Crippen LogP contribution is 2.31. The molecule has 29 heavy (non-hydrogen) atoms. The minimum absolute atomic E-state index is 0.440. The minimum atomic E-state index is 0.440. The SMILES string of the molecule is CN1CCN(c2ccc(C(=C3C=CC([NH+](C)C)C=C3)c3ccccc3)cc2)CC1.